The van der Waals surface area contributed by atoms with Crippen molar-refractivity contribution in [3.63, 3.8) is 0 Å². The van der Waals surface area contributed by atoms with Crippen LogP contribution in [0.4, 0.5) is 0 Å². The number of aryl methyl sites for hydroxylation is 1. The van der Waals surface area contributed by atoms with Crippen LogP contribution in [0.2, 0.25) is 0 Å². The molecule has 0 saturated heterocycles. The molecule has 0 aromatic heterocycles. The molecule has 5 nitrogen and oxygen atoms in total. The summed E-state index contributed by atoms with van der Waals surface area (Å²) in [5.74, 6) is 0. The van der Waals surface area contributed by atoms with Crippen LogP contribution in [0.15, 0.2) is 34.7 Å². The van der Waals surface area contributed by atoms with Gasteiger partial charge >= 0.3 is 0 Å². The van der Waals surface area contributed by atoms with E-state index in [0.717, 1.165) is 16.7 Å². The Morgan fingerprint density at radius 2 is 2.14 bits per heavy atom. The van der Waals surface area contributed by atoms with Crippen molar-refractivity contribution in [2.24, 2.45) is 5.73 Å². The predicted octanol–water partition coefficient (Wildman–Crippen LogP) is 1.42. The van der Waals surface area contributed by atoms with E-state index in [4.69, 9.17) is 10.5 Å². The third-order valence-corrected chi connectivity index (χ3v) is 5.71. The molecule has 0 atom stereocenters. The molecule has 2 N–H and O–H groups in total. The summed E-state index contributed by atoms with van der Waals surface area (Å²) in [6.07, 6.45) is 2.65. The highest BCUT2D eigenvalue weighted by molar-refractivity contribution is 7.89. The SMILES string of the molecule is COCC1=CCN(S(=O)(=O)c2cc(CN)ccc2C)CC1. The van der Waals surface area contributed by atoms with E-state index in [0.29, 0.717) is 37.6 Å². The molecule has 0 saturated carbocycles. The van der Waals surface area contributed by atoms with E-state index in [1.807, 2.05) is 25.1 Å². The predicted molar refractivity (Wildman–Crippen MR) is 82.4 cm³/mol. The van der Waals surface area contributed by atoms with Gasteiger partial charge in [0.25, 0.3) is 0 Å². The van der Waals surface area contributed by atoms with Gasteiger partial charge < -0.3 is 10.5 Å². The lowest BCUT2D eigenvalue weighted by molar-refractivity contribution is 0.219. The fourth-order valence-corrected chi connectivity index (χ4v) is 4.07. The number of nitrogens with zero attached hydrogens (tertiary/aromatic N) is 1. The Hall–Kier alpha value is -1.21. The van der Waals surface area contributed by atoms with E-state index in [2.05, 4.69) is 0 Å². The van der Waals surface area contributed by atoms with Crippen molar-refractivity contribution in [3.05, 3.63) is 41.0 Å². The van der Waals surface area contributed by atoms with Gasteiger partial charge in [-0.15, -0.1) is 0 Å². The molecule has 1 heterocycles. The Labute approximate surface area is 126 Å². The summed E-state index contributed by atoms with van der Waals surface area (Å²) in [7, 11) is -1.83. The zero-order valence-corrected chi connectivity index (χ0v) is 13.3. The van der Waals surface area contributed by atoms with E-state index in [-0.39, 0.29) is 0 Å². The minimum atomic E-state index is -3.47. The van der Waals surface area contributed by atoms with E-state index in [1.165, 1.54) is 4.31 Å². The topological polar surface area (TPSA) is 72.6 Å². The first-order valence-corrected chi connectivity index (χ1v) is 8.39. The van der Waals surface area contributed by atoms with Crippen LogP contribution in [0.1, 0.15) is 17.5 Å². The molecule has 1 aliphatic heterocycles. The second-order valence-corrected chi connectivity index (χ2v) is 7.12. The Morgan fingerprint density at radius 3 is 2.71 bits per heavy atom. The maximum Gasteiger partial charge on any atom is 0.243 e. The first-order chi connectivity index (χ1) is 9.98. The fourth-order valence-electron chi connectivity index (χ4n) is 2.42. The molecule has 0 fully saturated rings. The second-order valence-electron chi connectivity index (χ2n) is 5.21. The first-order valence-electron chi connectivity index (χ1n) is 6.95. The van der Waals surface area contributed by atoms with E-state index in [1.54, 1.807) is 13.2 Å². The van der Waals surface area contributed by atoms with Gasteiger partial charge in [0.05, 0.1) is 11.5 Å². The Bertz CT molecular complexity index is 638. The lowest BCUT2D eigenvalue weighted by Gasteiger charge is -2.26. The van der Waals surface area contributed by atoms with E-state index in [9.17, 15) is 8.42 Å². The number of hydrogen-bond donors (Lipinski definition) is 1. The van der Waals surface area contributed by atoms with Gasteiger partial charge in [-0.05, 0) is 36.1 Å². The summed E-state index contributed by atoms with van der Waals surface area (Å²) >= 11 is 0. The average Bonchev–Trinajstić information content (AvgIpc) is 2.48. The second kappa shape index (κ2) is 6.70. The molecule has 0 bridgehead atoms. The summed E-state index contributed by atoms with van der Waals surface area (Å²) in [6, 6.07) is 5.35. The number of benzene rings is 1. The monoisotopic (exact) mass is 310 g/mol. The van der Waals surface area contributed by atoms with Gasteiger partial charge in [0, 0.05) is 26.7 Å². The highest BCUT2D eigenvalue weighted by Crippen LogP contribution is 2.24. The minimum absolute atomic E-state index is 0.334. The maximum absolute atomic E-state index is 12.8. The summed E-state index contributed by atoms with van der Waals surface area (Å²) in [5, 5.41) is 0. The van der Waals surface area contributed by atoms with E-state index >= 15 is 0 Å². The average molecular weight is 310 g/mol. The van der Waals surface area contributed by atoms with Gasteiger partial charge in [-0.25, -0.2) is 8.42 Å². The molecule has 1 aromatic carbocycles. The fraction of sp³-hybridized carbons (Fsp3) is 0.467. The van der Waals surface area contributed by atoms with Gasteiger partial charge in [-0.3, -0.25) is 0 Å². The van der Waals surface area contributed by atoms with Crippen LogP contribution in [0.25, 0.3) is 0 Å². The van der Waals surface area contributed by atoms with Crippen molar-refractivity contribution in [3.8, 4) is 0 Å². The van der Waals surface area contributed by atoms with E-state index < -0.39 is 10.0 Å². The van der Waals surface area contributed by atoms with Crippen molar-refractivity contribution < 1.29 is 13.2 Å². The van der Waals surface area contributed by atoms with Crippen molar-refractivity contribution in [2.45, 2.75) is 24.8 Å². The van der Waals surface area contributed by atoms with Crippen LogP contribution in [0.5, 0.6) is 0 Å². The number of rotatable bonds is 5. The Morgan fingerprint density at radius 1 is 1.38 bits per heavy atom. The largest absolute Gasteiger partial charge is 0.380 e. The molecule has 21 heavy (non-hydrogen) atoms. The Kier molecular flexibility index (Phi) is 5.16. The van der Waals surface area contributed by atoms with Crippen LogP contribution in [-0.4, -0.2) is 39.5 Å². The zero-order valence-electron chi connectivity index (χ0n) is 12.5. The smallest absolute Gasteiger partial charge is 0.243 e. The van der Waals surface area contributed by atoms with Crippen LogP contribution in [0.3, 0.4) is 0 Å². The molecule has 0 amide bonds. The van der Waals surface area contributed by atoms with Crippen molar-refractivity contribution in [2.75, 3.05) is 26.8 Å². The van der Waals surface area contributed by atoms with Gasteiger partial charge in [0.15, 0.2) is 0 Å². The van der Waals surface area contributed by atoms with Crippen molar-refractivity contribution >= 4 is 10.0 Å². The third-order valence-electron chi connectivity index (χ3n) is 3.70. The highest BCUT2D eigenvalue weighted by Gasteiger charge is 2.27. The zero-order chi connectivity index (χ0) is 15.5. The van der Waals surface area contributed by atoms with Gasteiger partial charge in [-0.2, -0.15) is 4.31 Å². The summed E-state index contributed by atoms with van der Waals surface area (Å²) in [5.41, 5.74) is 8.33. The standard InChI is InChI=1S/C15H22N2O3S/c1-12-3-4-14(10-16)9-15(12)21(18,19)17-7-5-13(6-8-17)11-20-2/h3-5,9H,6-8,10-11,16H2,1-2H3. The molecule has 0 spiro atoms. The summed E-state index contributed by atoms with van der Waals surface area (Å²) in [4.78, 5) is 0.356. The molecule has 6 heteroatoms. The van der Waals surface area contributed by atoms with Crippen LogP contribution in [-0.2, 0) is 21.3 Å². The lowest BCUT2D eigenvalue weighted by atomic mass is 10.1. The third kappa shape index (κ3) is 3.52. The molecular formula is C15H22N2O3S. The summed E-state index contributed by atoms with van der Waals surface area (Å²) < 4.78 is 32.1. The highest BCUT2D eigenvalue weighted by atomic mass is 32.2. The number of ether oxygens (including phenoxy) is 1. The number of hydrogen-bond acceptors (Lipinski definition) is 4. The Balaban J connectivity index is 2.27. The van der Waals surface area contributed by atoms with Crippen LogP contribution < -0.4 is 5.73 Å². The molecule has 116 valence electrons. The van der Waals surface area contributed by atoms with Gasteiger partial charge in [0.2, 0.25) is 10.0 Å². The maximum atomic E-state index is 12.8. The number of nitrogens with two attached hydrogens (primary N) is 1. The molecule has 1 aliphatic rings. The molecule has 0 unspecified atom stereocenters. The normalized spacial score (nSPS) is 16.8. The van der Waals surface area contributed by atoms with Crippen LogP contribution >= 0.6 is 0 Å². The molecule has 0 radical (unpaired) electrons. The molecule has 0 aliphatic carbocycles. The van der Waals surface area contributed by atoms with Crippen molar-refractivity contribution in [1.82, 2.24) is 4.31 Å². The number of sulfonamides is 1. The first kappa shape index (κ1) is 16.2. The quantitative estimate of drug-likeness (QED) is 0.835. The molecule has 1 aromatic rings. The minimum Gasteiger partial charge on any atom is -0.380 e. The molecule has 2 rings (SSSR count). The van der Waals surface area contributed by atoms with Crippen molar-refractivity contribution in [1.29, 1.82) is 0 Å². The van der Waals surface area contributed by atoms with Gasteiger partial charge in [-0.1, -0.05) is 18.2 Å². The van der Waals surface area contributed by atoms with Crippen LogP contribution in [0, 0.1) is 6.92 Å². The lowest BCUT2D eigenvalue weighted by Crippen LogP contribution is -2.35. The number of methoxy groups -OCH3 is 1. The van der Waals surface area contributed by atoms with Gasteiger partial charge in [0.1, 0.15) is 0 Å². The summed E-state index contributed by atoms with van der Waals surface area (Å²) in [6.45, 7) is 3.59. The molecular weight excluding hydrogens is 288 g/mol.